The molecule has 0 bridgehead atoms. The SMILES string of the molecule is CN(Cc1ccccc1Cl)c1ncccc1CO. The van der Waals surface area contributed by atoms with Crippen LogP contribution in [0.4, 0.5) is 5.82 Å². The van der Waals surface area contributed by atoms with E-state index in [1.54, 1.807) is 6.20 Å². The zero-order chi connectivity index (χ0) is 13.0. The number of aliphatic hydroxyl groups is 1. The first-order valence-corrected chi connectivity index (χ1v) is 6.09. The van der Waals surface area contributed by atoms with E-state index in [4.69, 9.17) is 11.6 Å². The van der Waals surface area contributed by atoms with Gasteiger partial charge in [0.15, 0.2) is 0 Å². The van der Waals surface area contributed by atoms with Crippen LogP contribution in [0.15, 0.2) is 42.6 Å². The monoisotopic (exact) mass is 262 g/mol. The molecule has 2 rings (SSSR count). The molecular formula is C14H15ClN2O. The molecule has 1 aromatic carbocycles. The summed E-state index contributed by atoms with van der Waals surface area (Å²) in [5.74, 6) is 0.778. The predicted molar refractivity (Wildman–Crippen MR) is 73.7 cm³/mol. The van der Waals surface area contributed by atoms with Crippen LogP contribution in [0, 0.1) is 0 Å². The van der Waals surface area contributed by atoms with E-state index in [0.717, 1.165) is 22.0 Å². The maximum absolute atomic E-state index is 9.30. The Bertz CT molecular complexity index is 531. The van der Waals surface area contributed by atoms with Crippen molar-refractivity contribution in [2.75, 3.05) is 11.9 Å². The lowest BCUT2D eigenvalue weighted by atomic mass is 10.2. The summed E-state index contributed by atoms with van der Waals surface area (Å²) >= 11 is 6.13. The van der Waals surface area contributed by atoms with Gasteiger partial charge in [-0.2, -0.15) is 0 Å². The molecule has 1 N–H and O–H groups in total. The first kappa shape index (κ1) is 12.9. The Kier molecular flexibility index (Phi) is 4.18. The zero-order valence-corrected chi connectivity index (χ0v) is 10.9. The van der Waals surface area contributed by atoms with Crippen molar-refractivity contribution in [2.24, 2.45) is 0 Å². The molecule has 1 heterocycles. The molecule has 4 heteroatoms. The van der Waals surface area contributed by atoms with Crippen molar-refractivity contribution in [3.8, 4) is 0 Å². The van der Waals surface area contributed by atoms with Gasteiger partial charge in [-0.05, 0) is 17.7 Å². The lowest BCUT2D eigenvalue weighted by Crippen LogP contribution is -2.19. The Balaban J connectivity index is 2.22. The van der Waals surface area contributed by atoms with Gasteiger partial charge in [-0.25, -0.2) is 4.98 Å². The molecule has 0 aliphatic carbocycles. The highest BCUT2D eigenvalue weighted by atomic mass is 35.5. The molecule has 0 atom stereocenters. The van der Waals surface area contributed by atoms with Crippen LogP contribution in [0.3, 0.4) is 0 Å². The molecule has 2 aromatic rings. The Labute approximate surface area is 112 Å². The zero-order valence-electron chi connectivity index (χ0n) is 10.2. The summed E-state index contributed by atoms with van der Waals surface area (Å²) in [5, 5.41) is 10.0. The molecule has 0 aliphatic rings. The fourth-order valence-electron chi connectivity index (χ4n) is 1.85. The van der Waals surface area contributed by atoms with Crippen molar-refractivity contribution in [3.05, 3.63) is 58.7 Å². The molecule has 0 unspecified atom stereocenters. The van der Waals surface area contributed by atoms with Gasteiger partial charge >= 0.3 is 0 Å². The summed E-state index contributed by atoms with van der Waals surface area (Å²) < 4.78 is 0. The van der Waals surface area contributed by atoms with Crippen molar-refractivity contribution in [2.45, 2.75) is 13.2 Å². The summed E-state index contributed by atoms with van der Waals surface area (Å²) in [5.41, 5.74) is 1.85. The van der Waals surface area contributed by atoms with Crippen molar-refractivity contribution < 1.29 is 5.11 Å². The van der Waals surface area contributed by atoms with Gasteiger partial charge in [0.1, 0.15) is 5.82 Å². The average Bonchev–Trinajstić information content (AvgIpc) is 2.41. The second-order valence-electron chi connectivity index (χ2n) is 4.09. The quantitative estimate of drug-likeness (QED) is 0.921. The molecule has 0 radical (unpaired) electrons. The molecule has 0 fully saturated rings. The first-order chi connectivity index (χ1) is 8.72. The smallest absolute Gasteiger partial charge is 0.134 e. The van der Waals surface area contributed by atoms with Crippen LogP contribution >= 0.6 is 11.6 Å². The molecule has 94 valence electrons. The van der Waals surface area contributed by atoms with Crippen LogP contribution in [-0.2, 0) is 13.2 Å². The highest BCUT2D eigenvalue weighted by Gasteiger charge is 2.09. The Morgan fingerprint density at radius 2 is 1.89 bits per heavy atom. The van der Waals surface area contributed by atoms with Crippen LogP contribution in [0.2, 0.25) is 5.02 Å². The number of halogens is 1. The van der Waals surface area contributed by atoms with E-state index in [2.05, 4.69) is 4.98 Å². The summed E-state index contributed by atoms with van der Waals surface area (Å²) in [4.78, 5) is 6.28. The Morgan fingerprint density at radius 3 is 2.61 bits per heavy atom. The minimum absolute atomic E-state index is 0.0178. The summed E-state index contributed by atoms with van der Waals surface area (Å²) in [6.45, 7) is 0.639. The maximum Gasteiger partial charge on any atom is 0.134 e. The van der Waals surface area contributed by atoms with Gasteiger partial charge in [-0.3, -0.25) is 0 Å². The number of nitrogens with zero attached hydrogens (tertiary/aromatic N) is 2. The largest absolute Gasteiger partial charge is 0.392 e. The fraction of sp³-hybridized carbons (Fsp3) is 0.214. The van der Waals surface area contributed by atoms with Crippen LogP contribution < -0.4 is 4.90 Å². The van der Waals surface area contributed by atoms with Gasteiger partial charge in [0, 0.05) is 30.4 Å². The number of hydrogen-bond donors (Lipinski definition) is 1. The molecule has 0 spiro atoms. The molecule has 3 nitrogen and oxygen atoms in total. The molecule has 0 saturated carbocycles. The minimum atomic E-state index is -0.0178. The van der Waals surface area contributed by atoms with Gasteiger partial charge in [-0.15, -0.1) is 0 Å². The van der Waals surface area contributed by atoms with Gasteiger partial charge in [-0.1, -0.05) is 35.9 Å². The summed E-state index contributed by atoms with van der Waals surface area (Å²) in [6.07, 6.45) is 1.72. The van der Waals surface area contributed by atoms with Gasteiger partial charge in [0.25, 0.3) is 0 Å². The minimum Gasteiger partial charge on any atom is -0.392 e. The number of rotatable bonds is 4. The van der Waals surface area contributed by atoms with E-state index in [1.807, 2.05) is 48.3 Å². The molecular weight excluding hydrogens is 248 g/mol. The molecule has 18 heavy (non-hydrogen) atoms. The predicted octanol–water partition coefficient (Wildman–Crippen LogP) is 2.86. The first-order valence-electron chi connectivity index (χ1n) is 5.71. The summed E-state index contributed by atoms with van der Waals surface area (Å²) in [6, 6.07) is 11.4. The van der Waals surface area contributed by atoms with E-state index in [0.29, 0.717) is 6.54 Å². The second kappa shape index (κ2) is 5.85. The number of aliphatic hydroxyl groups excluding tert-OH is 1. The van der Waals surface area contributed by atoms with E-state index in [-0.39, 0.29) is 6.61 Å². The number of pyridine rings is 1. The molecule has 0 aliphatic heterocycles. The highest BCUT2D eigenvalue weighted by molar-refractivity contribution is 6.31. The standard InChI is InChI=1S/C14H15ClN2O/c1-17(9-11-5-2-3-7-13(11)15)14-12(10-18)6-4-8-16-14/h2-8,18H,9-10H2,1H3. The molecule has 0 amide bonds. The third kappa shape index (κ3) is 2.81. The van der Waals surface area contributed by atoms with E-state index in [1.165, 1.54) is 0 Å². The van der Waals surface area contributed by atoms with Crippen LogP contribution in [0.5, 0.6) is 0 Å². The number of aromatic nitrogens is 1. The molecule has 0 saturated heterocycles. The van der Waals surface area contributed by atoms with Crippen LogP contribution in [0.1, 0.15) is 11.1 Å². The average molecular weight is 263 g/mol. The van der Waals surface area contributed by atoms with E-state index >= 15 is 0 Å². The number of anilines is 1. The second-order valence-corrected chi connectivity index (χ2v) is 4.50. The Hall–Kier alpha value is -1.58. The van der Waals surface area contributed by atoms with E-state index in [9.17, 15) is 5.11 Å². The van der Waals surface area contributed by atoms with Crippen molar-refractivity contribution >= 4 is 17.4 Å². The van der Waals surface area contributed by atoms with Crippen molar-refractivity contribution in [1.82, 2.24) is 4.98 Å². The van der Waals surface area contributed by atoms with E-state index < -0.39 is 0 Å². The normalized spacial score (nSPS) is 10.4. The maximum atomic E-state index is 9.30. The number of hydrogen-bond acceptors (Lipinski definition) is 3. The van der Waals surface area contributed by atoms with Crippen LogP contribution in [-0.4, -0.2) is 17.1 Å². The Morgan fingerprint density at radius 1 is 1.17 bits per heavy atom. The topological polar surface area (TPSA) is 36.4 Å². The third-order valence-electron chi connectivity index (χ3n) is 2.76. The fourth-order valence-corrected chi connectivity index (χ4v) is 2.05. The molecule has 1 aromatic heterocycles. The number of benzene rings is 1. The lowest BCUT2D eigenvalue weighted by Gasteiger charge is -2.21. The van der Waals surface area contributed by atoms with Crippen LogP contribution in [0.25, 0.3) is 0 Å². The van der Waals surface area contributed by atoms with Gasteiger partial charge in [0.2, 0.25) is 0 Å². The lowest BCUT2D eigenvalue weighted by molar-refractivity contribution is 0.281. The third-order valence-corrected chi connectivity index (χ3v) is 3.13. The summed E-state index contributed by atoms with van der Waals surface area (Å²) in [7, 11) is 1.94. The highest BCUT2D eigenvalue weighted by Crippen LogP contribution is 2.21. The van der Waals surface area contributed by atoms with Crippen molar-refractivity contribution in [1.29, 1.82) is 0 Å². The van der Waals surface area contributed by atoms with Gasteiger partial charge in [0.05, 0.1) is 6.61 Å². The van der Waals surface area contributed by atoms with Gasteiger partial charge < -0.3 is 10.0 Å². The van der Waals surface area contributed by atoms with Crippen molar-refractivity contribution in [3.63, 3.8) is 0 Å².